The number of rotatable bonds is 6. The van der Waals surface area contributed by atoms with E-state index in [-0.39, 0.29) is 17.4 Å². The Kier molecular flexibility index (Phi) is 5.66. The highest BCUT2D eigenvalue weighted by molar-refractivity contribution is 6.51. The summed E-state index contributed by atoms with van der Waals surface area (Å²) in [6.45, 7) is 8.38. The van der Waals surface area contributed by atoms with Gasteiger partial charge in [0.05, 0.1) is 16.3 Å². The normalized spacial score (nSPS) is 25.0. The highest BCUT2D eigenvalue weighted by Crippen LogP contribution is 2.70. The van der Waals surface area contributed by atoms with E-state index in [9.17, 15) is 19.7 Å². The largest absolute Gasteiger partial charge is 0.311 e. The third-order valence-corrected chi connectivity index (χ3v) is 8.93. The maximum Gasteiger partial charge on any atom is 0.269 e. The van der Waals surface area contributed by atoms with Crippen LogP contribution in [-0.2, 0) is 9.59 Å². The Balaban J connectivity index is 1.54. The molecule has 2 aliphatic carbocycles. The third-order valence-electron chi connectivity index (χ3n) is 8.93. The van der Waals surface area contributed by atoms with Gasteiger partial charge in [-0.3, -0.25) is 25.1 Å². The minimum absolute atomic E-state index is 0.0278. The molecule has 2 fully saturated rings. The van der Waals surface area contributed by atoms with Gasteiger partial charge in [-0.25, -0.2) is 0 Å². The second-order valence-electron chi connectivity index (χ2n) is 10.6. The quantitative estimate of drug-likeness (QED) is 0.256. The van der Waals surface area contributed by atoms with Crippen LogP contribution < -0.4 is 10.3 Å². The Morgan fingerprint density at radius 1 is 1.03 bits per heavy atom. The third kappa shape index (κ3) is 3.31. The number of carbonyl (C=O) groups is 2. The summed E-state index contributed by atoms with van der Waals surface area (Å²) < 4.78 is 0. The number of nitro benzene ring substituents is 1. The SMILES string of the molecule is CCN(C(=O)C12CCC(C)(C(=NNc3ccc([N+](=O)[O-])cc3)C1=O)C2(C)C)c1cccc2ccccc12. The molecule has 0 saturated heterocycles. The summed E-state index contributed by atoms with van der Waals surface area (Å²) in [5.74, 6) is -0.435. The van der Waals surface area contributed by atoms with Gasteiger partial charge in [0.25, 0.3) is 5.69 Å². The first-order chi connectivity index (χ1) is 17.6. The van der Waals surface area contributed by atoms with E-state index in [4.69, 9.17) is 0 Å². The van der Waals surface area contributed by atoms with Crippen molar-refractivity contribution in [2.24, 2.45) is 21.3 Å². The Morgan fingerprint density at radius 3 is 2.38 bits per heavy atom. The molecule has 0 aromatic heterocycles. The lowest BCUT2D eigenvalue weighted by atomic mass is 9.64. The van der Waals surface area contributed by atoms with Crippen molar-refractivity contribution in [2.75, 3.05) is 16.9 Å². The van der Waals surface area contributed by atoms with Crippen molar-refractivity contribution in [2.45, 2.75) is 40.5 Å². The van der Waals surface area contributed by atoms with Gasteiger partial charge in [-0.05, 0) is 48.8 Å². The molecule has 0 radical (unpaired) electrons. The number of benzene rings is 3. The minimum Gasteiger partial charge on any atom is -0.311 e. The predicted octanol–water partition coefficient (Wildman–Crippen LogP) is 5.96. The molecule has 2 atom stereocenters. The van der Waals surface area contributed by atoms with E-state index in [0.29, 0.717) is 30.8 Å². The van der Waals surface area contributed by atoms with E-state index in [1.54, 1.807) is 17.0 Å². The summed E-state index contributed by atoms with van der Waals surface area (Å²) in [5, 5.41) is 17.5. The molecule has 1 N–H and O–H groups in total. The van der Waals surface area contributed by atoms with Crippen LogP contribution >= 0.6 is 0 Å². The Labute approximate surface area is 215 Å². The Bertz CT molecular complexity index is 1460. The number of hydrazone groups is 1. The first-order valence-corrected chi connectivity index (χ1v) is 12.5. The molecule has 3 aromatic rings. The fourth-order valence-electron chi connectivity index (χ4n) is 6.32. The molecule has 3 aromatic carbocycles. The summed E-state index contributed by atoms with van der Waals surface area (Å²) in [6.07, 6.45) is 1.12. The first kappa shape index (κ1) is 24.6. The summed E-state index contributed by atoms with van der Waals surface area (Å²) in [6, 6.07) is 19.7. The zero-order valence-electron chi connectivity index (χ0n) is 21.4. The molecule has 5 rings (SSSR count). The number of non-ortho nitro benzene ring substituents is 1. The molecular formula is C29H30N4O4. The van der Waals surface area contributed by atoms with E-state index in [1.165, 1.54) is 12.1 Å². The average molecular weight is 499 g/mol. The van der Waals surface area contributed by atoms with Gasteiger partial charge >= 0.3 is 0 Å². The number of anilines is 2. The van der Waals surface area contributed by atoms with Crippen molar-refractivity contribution >= 4 is 45.2 Å². The van der Waals surface area contributed by atoms with Crippen molar-refractivity contribution in [3.05, 3.63) is 76.8 Å². The van der Waals surface area contributed by atoms with Crippen LogP contribution in [0.25, 0.3) is 10.8 Å². The minimum atomic E-state index is -1.23. The number of carbonyl (C=O) groups excluding carboxylic acids is 2. The van der Waals surface area contributed by atoms with Gasteiger partial charge in [0, 0.05) is 29.5 Å². The van der Waals surface area contributed by atoms with Crippen LogP contribution in [0.4, 0.5) is 17.1 Å². The van der Waals surface area contributed by atoms with E-state index >= 15 is 0 Å². The maximum atomic E-state index is 14.5. The number of nitro groups is 1. The molecule has 2 unspecified atom stereocenters. The predicted molar refractivity (Wildman–Crippen MR) is 145 cm³/mol. The lowest BCUT2D eigenvalue weighted by Gasteiger charge is -2.40. The number of Topliss-reactive ketones (excluding diaryl/α,β-unsaturated/α-hetero) is 1. The lowest BCUT2D eigenvalue weighted by Crippen LogP contribution is -2.52. The molecule has 2 saturated carbocycles. The van der Waals surface area contributed by atoms with Crippen molar-refractivity contribution in [3.8, 4) is 0 Å². The average Bonchev–Trinajstić information content (AvgIpc) is 3.17. The maximum absolute atomic E-state index is 14.5. The number of fused-ring (bicyclic) bond motifs is 3. The molecular weight excluding hydrogens is 468 g/mol. The van der Waals surface area contributed by atoms with E-state index in [2.05, 4.69) is 10.5 Å². The van der Waals surface area contributed by atoms with E-state index < -0.39 is 21.2 Å². The number of hydrogen-bond acceptors (Lipinski definition) is 6. The fraction of sp³-hybridized carbons (Fsp3) is 0.345. The summed E-state index contributed by atoms with van der Waals surface area (Å²) in [4.78, 5) is 40.8. The zero-order valence-corrected chi connectivity index (χ0v) is 21.4. The van der Waals surface area contributed by atoms with Crippen molar-refractivity contribution in [1.29, 1.82) is 0 Å². The van der Waals surface area contributed by atoms with Gasteiger partial charge in [0.1, 0.15) is 11.1 Å². The second-order valence-corrected chi connectivity index (χ2v) is 10.6. The molecule has 8 nitrogen and oxygen atoms in total. The Hall–Kier alpha value is -4.07. The number of amides is 1. The summed E-state index contributed by atoms with van der Waals surface area (Å²) in [5.41, 5.74) is 2.05. The van der Waals surface area contributed by atoms with Crippen molar-refractivity contribution in [1.82, 2.24) is 0 Å². The zero-order chi connectivity index (χ0) is 26.6. The lowest BCUT2D eigenvalue weighted by molar-refractivity contribution is -0.384. The van der Waals surface area contributed by atoms with Gasteiger partial charge in [0.15, 0.2) is 5.78 Å². The van der Waals surface area contributed by atoms with Gasteiger partial charge in [-0.2, -0.15) is 5.10 Å². The fourth-order valence-corrected chi connectivity index (χ4v) is 6.32. The standard InChI is InChI=1S/C29H30N4O4/c1-5-32(23-12-8-10-19-9-6-7-11-22(19)23)26(35)29-18-17-28(4,27(29,2)3)24(25(29)34)31-30-20-13-15-21(16-14-20)33(36)37/h6-16,30H,5,17-18H2,1-4H3. The highest BCUT2D eigenvalue weighted by atomic mass is 16.6. The summed E-state index contributed by atoms with van der Waals surface area (Å²) in [7, 11) is 0. The molecule has 2 aliphatic rings. The number of hydrogen-bond donors (Lipinski definition) is 1. The topological polar surface area (TPSA) is 105 Å². The van der Waals surface area contributed by atoms with Crippen LogP contribution in [-0.4, -0.2) is 28.9 Å². The smallest absolute Gasteiger partial charge is 0.269 e. The highest BCUT2D eigenvalue weighted by Gasteiger charge is 2.77. The monoisotopic (exact) mass is 498 g/mol. The number of ketones is 1. The molecule has 37 heavy (non-hydrogen) atoms. The van der Waals surface area contributed by atoms with Gasteiger partial charge in [-0.1, -0.05) is 57.2 Å². The van der Waals surface area contributed by atoms with Crippen molar-refractivity contribution in [3.63, 3.8) is 0 Å². The van der Waals surface area contributed by atoms with Crippen LogP contribution in [0.1, 0.15) is 40.5 Å². The van der Waals surface area contributed by atoms with E-state index in [0.717, 1.165) is 16.5 Å². The molecule has 190 valence electrons. The molecule has 0 aliphatic heterocycles. The molecule has 8 heteroatoms. The molecule has 0 heterocycles. The van der Waals surface area contributed by atoms with Crippen LogP contribution in [0.15, 0.2) is 71.8 Å². The van der Waals surface area contributed by atoms with Crippen LogP contribution in [0.3, 0.4) is 0 Å². The van der Waals surface area contributed by atoms with Gasteiger partial charge < -0.3 is 4.90 Å². The van der Waals surface area contributed by atoms with Crippen LogP contribution in [0.2, 0.25) is 0 Å². The molecule has 1 amide bonds. The van der Waals surface area contributed by atoms with Crippen molar-refractivity contribution < 1.29 is 14.5 Å². The van der Waals surface area contributed by atoms with E-state index in [1.807, 2.05) is 70.2 Å². The Morgan fingerprint density at radius 2 is 1.70 bits per heavy atom. The first-order valence-electron chi connectivity index (χ1n) is 12.5. The van der Waals surface area contributed by atoms with Crippen LogP contribution in [0, 0.1) is 26.4 Å². The van der Waals surface area contributed by atoms with Gasteiger partial charge in [-0.15, -0.1) is 0 Å². The molecule has 0 spiro atoms. The summed E-state index contributed by atoms with van der Waals surface area (Å²) >= 11 is 0. The number of nitrogens with one attached hydrogen (secondary N) is 1. The number of nitrogens with zero attached hydrogens (tertiary/aromatic N) is 3. The molecule has 2 bridgehead atoms. The van der Waals surface area contributed by atoms with Crippen LogP contribution in [0.5, 0.6) is 0 Å². The van der Waals surface area contributed by atoms with Gasteiger partial charge in [0.2, 0.25) is 5.91 Å². The second kappa shape index (κ2) is 8.50.